The lowest BCUT2D eigenvalue weighted by Crippen LogP contribution is -2.53. The van der Waals surface area contributed by atoms with Gasteiger partial charge in [0.25, 0.3) is 0 Å². The summed E-state index contributed by atoms with van der Waals surface area (Å²) in [5.74, 6) is 3.15. The third-order valence-corrected chi connectivity index (χ3v) is 12.6. The Bertz CT molecular complexity index is 2740. The molecule has 5 aromatic rings. The van der Waals surface area contributed by atoms with E-state index in [2.05, 4.69) is 31.9 Å². The summed E-state index contributed by atoms with van der Waals surface area (Å²) in [6.45, 7) is 28.2. The van der Waals surface area contributed by atoms with Gasteiger partial charge in [-0.25, -0.2) is 29.3 Å². The van der Waals surface area contributed by atoms with Crippen LogP contribution in [0.5, 0.6) is 0 Å². The van der Waals surface area contributed by atoms with Crippen LogP contribution in [0.3, 0.4) is 0 Å². The monoisotopic (exact) mass is 1050 g/mol. The van der Waals surface area contributed by atoms with E-state index < -0.39 is 22.9 Å². The lowest BCUT2D eigenvalue weighted by Gasteiger charge is -2.37. The number of ether oxygens (including phenoxy) is 4. The third kappa shape index (κ3) is 15.4. The number of nitrogen functional groups attached to an aromatic ring is 1. The minimum Gasteiger partial charge on any atom is -0.472 e. The molecule has 4 saturated heterocycles. The van der Waals surface area contributed by atoms with Crippen LogP contribution in [0.25, 0.3) is 22.3 Å². The Hall–Kier alpha value is -7.35. The molecule has 76 heavy (non-hydrogen) atoms. The van der Waals surface area contributed by atoms with Crippen molar-refractivity contribution in [1.29, 1.82) is 0 Å². The summed E-state index contributed by atoms with van der Waals surface area (Å²) < 4.78 is 32.2. The first-order valence-electron chi connectivity index (χ1n) is 26.0. The number of hydrogen-bond acceptors (Lipinski definition) is 16. The number of nitrogens with two attached hydrogens (primary N) is 1. The molecule has 4 amide bonds. The van der Waals surface area contributed by atoms with Crippen LogP contribution in [0.1, 0.15) is 91.6 Å². The molecule has 1 unspecified atom stereocenters. The van der Waals surface area contributed by atoms with Gasteiger partial charge in [0.1, 0.15) is 46.6 Å². The second-order valence-electron chi connectivity index (χ2n) is 22.2. The zero-order valence-corrected chi connectivity index (χ0v) is 46.1. The highest BCUT2D eigenvalue weighted by atomic mass is 16.6. The summed E-state index contributed by atoms with van der Waals surface area (Å²) in [4.78, 5) is 74.3. The van der Waals surface area contributed by atoms with Crippen LogP contribution < -0.4 is 20.4 Å². The highest BCUT2D eigenvalue weighted by Gasteiger charge is 2.34. The number of aryl methyl sites for hydroxylation is 2. The normalized spacial score (nSPS) is 17.4. The molecule has 9 heterocycles. The molecule has 4 fully saturated rings. The second kappa shape index (κ2) is 24.1. The van der Waals surface area contributed by atoms with Crippen molar-refractivity contribution in [3.63, 3.8) is 0 Å². The number of carbonyl (C=O) groups excluding carboxylic acids is 4. The fourth-order valence-electron chi connectivity index (χ4n) is 8.88. The fraction of sp³-hybridized carbons (Fsp3) is 0.518. The van der Waals surface area contributed by atoms with Crippen LogP contribution in [0.2, 0.25) is 0 Å². The fourth-order valence-corrected chi connectivity index (χ4v) is 8.88. The molecule has 0 aliphatic carbocycles. The molecule has 1 atom stereocenters. The van der Waals surface area contributed by atoms with E-state index in [9.17, 15) is 19.2 Å². The van der Waals surface area contributed by atoms with E-state index in [1.165, 1.54) is 10.5 Å². The molecule has 5 aromatic heterocycles. The number of anilines is 4. The first-order valence-corrected chi connectivity index (χ1v) is 26.0. The Morgan fingerprint density at radius 1 is 0.566 bits per heavy atom. The van der Waals surface area contributed by atoms with Crippen molar-refractivity contribution in [2.75, 3.05) is 106 Å². The van der Waals surface area contributed by atoms with Crippen LogP contribution in [-0.4, -0.2) is 156 Å². The van der Waals surface area contributed by atoms with Gasteiger partial charge >= 0.3 is 18.3 Å². The average molecular weight is 1050 g/mol. The SMILES string of the molecule is CC(C)(C)OC(=O)N1CCN(c2nc(N)ccc2C2CCOC2)CC1.Cc1ccc(-c2ccoc2)c(N2CCN(C(=O)OC(C)(C)C)CC2)n1.Cc1ccc(-c2ccoc2)c(N2CCN(C(=O)OC(C)(C)C)CC2=O)n1. The lowest BCUT2D eigenvalue weighted by molar-refractivity contribution is -0.121. The number of furan rings is 2. The molecule has 0 spiro atoms. The minimum atomic E-state index is -0.593. The van der Waals surface area contributed by atoms with E-state index in [0.29, 0.717) is 56.8 Å². The summed E-state index contributed by atoms with van der Waals surface area (Å²) >= 11 is 0. The maximum atomic E-state index is 12.7. The van der Waals surface area contributed by atoms with Gasteiger partial charge in [-0.1, -0.05) is 6.07 Å². The van der Waals surface area contributed by atoms with Gasteiger partial charge in [0.05, 0.1) is 31.7 Å². The van der Waals surface area contributed by atoms with Gasteiger partial charge in [-0.05, 0) is 125 Å². The Morgan fingerprint density at radius 3 is 1.47 bits per heavy atom. The quantitative estimate of drug-likeness (QED) is 0.157. The summed E-state index contributed by atoms with van der Waals surface area (Å²) in [6, 6.07) is 15.6. The van der Waals surface area contributed by atoms with Crippen molar-refractivity contribution in [1.82, 2.24) is 29.7 Å². The zero-order chi connectivity index (χ0) is 55.0. The first kappa shape index (κ1) is 56.4. The number of hydrogen-bond donors (Lipinski definition) is 1. The Morgan fingerprint density at radius 2 is 1.03 bits per heavy atom. The van der Waals surface area contributed by atoms with E-state index in [4.69, 9.17) is 38.5 Å². The van der Waals surface area contributed by atoms with E-state index in [1.54, 1.807) is 60.5 Å². The van der Waals surface area contributed by atoms with Gasteiger partial charge in [-0.2, -0.15) is 0 Å². The molecule has 0 saturated carbocycles. The molecular weight excluding hydrogens is 973 g/mol. The average Bonchev–Trinajstić information content (AvgIpc) is 4.20. The van der Waals surface area contributed by atoms with Crippen molar-refractivity contribution in [3.05, 3.63) is 90.5 Å². The van der Waals surface area contributed by atoms with E-state index >= 15 is 0 Å². The van der Waals surface area contributed by atoms with Gasteiger partial charge in [0.2, 0.25) is 5.91 Å². The van der Waals surface area contributed by atoms with Gasteiger partial charge in [-0.15, -0.1) is 0 Å². The van der Waals surface area contributed by atoms with Crippen LogP contribution in [0.15, 0.2) is 82.4 Å². The Labute approximate surface area is 446 Å². The van der Waals surface area contributed by atoms with Gasteiger partial charge in [-0.3, -0.25) is 14.6 Å². The van der Waals surface area contributed by atoms with E-state index in [-0.39, 0.29) is 24.6 Å². The van der Waals surface area contributed by atoms with Crippen molar-refractivity contribution < 1.29 is 47.0 Å². The molecule has 4 aliphatic heterocycles. The Balaban J connectivity index is 0.000000166. The van der Waals surface area contributed by atoms with Crippen molar-refractivity contribution in [2.24, 2.45) is 0 Å². The number of amides is 4. The van der Waals surface area contributed by atoms with E-state index in [0.717, 1.165) is 91.1 Å². The highest BCUT2D eigenvalue weighted by Crippen LogP contribution is 2.35. The second-order valence-corrected chi connectivity index (χ2v) is 22.2. The smallest absolute Gasteiger partial charge is 0.410 e. The molecule has 4 aliphatic rings. The summed E-state index contributed by atoms with van der Waals surface area (Å²) in [5, 5.41) is 0. The number of nitrogens with zero attached hydrogens (tertiary/aromatic N) is 9. The Kier molecular flexibility index (Phi) is 17.9. The number of pyridine rings is 3. The van der Waals surface area contributed by atoms with Crippen molar-refractivity contribution in [3.8, 4) is 22.3 Å². The van der Waals surface area contributed by atoms with Crippen LogP contribution in [-0.2, 0) is 23.7 Å². The van der Waals surface area contributed by atoms with Crippen LogP contribution >= 0.6 is 0 Å². The highest BCUT2D eigenvalue weighted by molar-refractivity contribution is 5.99. The summed E-state index contributed by atoms with van der Waals surface area (Å²) in [6.07, 6.45) is 6.63. The van der Waals surface area contributed by atoms with Gasteiger partial charge in [0.15, 0.2) is 0 Å². The first-order chi connectivity index (χ1) is 35.9. The number of carbonyl (C=O) groups is 4. The molecule has 9 rings (SSSR count). The van der Waals surface area contributed by atoms with Crippen molar-refractivity contribution in [2.45, 2.75) is 105 Å². The molecule has 410 valence electrons. The molecule has 0 bridgehead atoms. The van der Waals surface area contributed by atoms with Gasteiger partial charge < -0.3 is 53.1 Å². The molecular formula is C56H76N10O10. The molecule has 0 aromatic carbocycles. The molecule has 0 radical (unpaired) electrons. The number of aromatic nitrogens is 3. The topological polar surface area (TPSA) is 216 Å². The van der Waals surface area contributed by atoms with Gasteiger partial charge in [0, 0.05) is 117 Å². The third-order valence-electron chi connectivity index (χ3n) is 12.6. The predicted molar refractivity (Wildman–Crippen MR) is 290 cm³/mol. The number of rotatable bonds is 6. The van der Waals surface area contributed by atoms with Crippen LogP contribution in [0, 0.1) is 13.8 Å². The van der Waals surface area contributed by atoms with E-state index in [1.807, 2.05) is 91.8 Å². The molecule has 20 heteroatoms. The minimum absolute atomic E-state index is 0.0324. The summed E-state index contributed by atoms with van der Waals surface area (Å²) in [5.41, 5.74) is 11.1. The standard InChI is InChI=1S/C19H23N3O4.C19H25N3O3.C18H28N4O3/c1-13-5-6-15(14-7-10-25-12-14)17(20-13)22-9-8-21(11-16(22)23)18(24)26-19(2,3)4;1-14-5-6-16(15-7-12-24-13-15)17(20-14)21-8-10-22(11-9-21)18(23)25-19(2,3)4;1-18(2,3)25-17(23)22-9-7-21(8-10-22)16-14(4-5-15(19)20-16)13-6-11-24-12-13/h5-7,10,12H,8-9,11H2,1-4H3;5-7,12-13H,8-11H2,1-4H3;4-5,13H,6-12H2,1-3H3,(H2,19,20). The molecule has 2 N–H and O–H groups in total. The molecule has 20 nitrogen and oxygen atoms in total. The van der Waals surface area contributed by atoms with Crippen molar-refractivity contribution >= 4 is 47.5 Å². The maximum Gasteiger partial charge on any atom is 0.410 e. The maximum absolute atomic E-state index is 12.7. The largest absolute Gasteiger partial charge is 0.472 e. The van der Waals surface area contributed by atoms with Crippen LogP contribution in [0.4, 0.5) is 37.7 Å². The summed E-state index contributed by atoms with van der Waals surface area (Å²) in [7, 11) is 0. The lowest BCUT2D eigenvalue weighted by atomic mass is 9.98. The predicted octanol–water partition coefficient (Wildman–Crippen LogP) is 9.17. The number of piperazine rings is 3. The zero-order valence-electron chi connectivity index (χ0n) is 46.1.